The van der Waals surface area contributed by atoms with Gasteiger partial charge in [-0.2, -0.15) is 5.26 Å². The van der Waals surface area contributed by atoms with Crippen LogP contribution >= 0.6 is 0 Å². The standard InChI is InChI=1S/C15H21N3O/c1-12-11-18(8-7-17(12)2)15(10-16)13-5-4-6-14(9-13)19-3/h4-6,9,12,15H,7-8,11H2,1-3H3. The third-order valence-corrected chi connectivity index (χ3v) is 3.89. The summed E-state index contributed by atoms with van der Waals surface area (Å²) in [6.45, 7) is 5.05. The van der Waals surface area contributed by atoms with E-state index in [9.17, 15) is 5.26 Å². The van der Waals surface area contributed by atoms with Gasteiger partial charge in [-0.1, -0.05) is 12.1 Å². The van der Waals surface area contributed by atoms with Crippen molar-refractivity contribution in [3.05, 3.63) is 29.8 Å². The molecule has 19 heavy (non-hydrogen) atoms. The van der Waals surface area contributed by atoms with Crippen LogP contribution in [0.1, 0.15) is 18.5 Å². The Labute approximate surface area is 115 Å². The first-order chi connectivity index (χ1) is 9.15. The molecule has 2 atom stereocenters. The number of hydrogen-bond acceptors (Lipinski definition) is 4. The predicted molar refractivity (Wildman–Crippen MR) is 75.0 cm³/mol. The Balaban J connectivity index is 2.18. The summed E-state index contributed by atoms with van der Waals surface area (Å²) < 4.78 is 5.24. The molecule has 1 aliphatic heterocycles. The molecule has 0 N–H and O–H groups in total. The molecule has 102 valence electrons. The highest BCUT2D eigenvalue weighted by atomic mass is 16.5. The van der Waals surface area contributed by atoms with Crippen LogP contribution in [0, 0.1) is 11.3 Å². The first-order valence-electron chi connectivity index (χ1n) is 6.63. The van der Waals surface area contributed by atoms with E-state index in [-0.39, 0.29) is 6.04 Å². The van der Waals surface area contributed by atoms with Crippen LogP contribution in [-0.2, 0) is 0 Å². The fraction of sp³-hybridized carbons (Fsp3) is 0.533. The second-order valence-electron chi connectivity index (χ2n) is 5.13. The van der Waals surface area contributed by atoms with E-state index >= 15 is 0 Å². The van der Waals surface area contributed by atoms with E-state index in [0.29, 0.717) is 6.04 Å². The number of nitrogens with zero attached hydrogens (tertiary/aromatic N) is 3. The summed E-state index contributed by atoms with van der Waals surface area (Å²) >= 11 is 0. The maximum Gasteiger partial charge on any atom is 0.124 e. The van der Waals surface area contributed by atoms with Gasteiger partial charge in [0.25, 0.3) is 0 Å². The summed E-state index contributed by atoms with van der Waals surface area (Å²) in [7, 11) is 3.79. The van der Waals surface area contributed by atoms with Crippen molar-refractivity contribution in [2.24, 2.45) is 0 Å². The quantitative estimate of drug-likeness (QED) is 0.831. The number of hydrogen-bond donors (Lipinski definition) is 0. The van der Waals surface area contributed by atoms with E-state index in [4.69, 9.17) is 4.74 Å². The molecule has 2 unspecified atom stereocenters. The molecule has 0 bridgehead atoms. The molecule has 0 spiro atoms. The molecule has 4 nitrogen and oxygen atoms in total. The molecule has 1 aromatic rings. The van der Waals surface area contributed by atoms with Gasteiger partial charge in [0.05, 0.1) is 13.2 Å². The lowest BCUT2D eigenvalue weighted by molar-refractivity contribution is 0.0880. The third-order valence-electron chi connectivity index (χ3n) is 3.89. The van der Waals surface area contributed by atoms with Crippen molar-refractivity contribution in [2.75, 3.05) is 33.8 Å². The number of likely N-dealkylation sites (N-methyl/N-ethyl adjacent to an activating group) is 1. The van der Waals surface area contributed by atoms with Crippen LogP contribution in [0.2, 0.25) is 0 Å². The molecule has 1 heterocycles. The lowest BCUT2D eigenvalue weighted by atomic mass is 10.0. The van der Waals surface area contributed by atoms with Gasteiger partial charge >= 0.3 is 0 Å². The summed E-state index contributed by atoms with van der Waals surface area (Å²) in [4.78, 5) is 4.58. The number of methoxy groups -OCH3 is 1. The van der Waals surface area contributed by atoms with Crippen molar-refractivity contribution in [1.82, 2.24) is 9.80 Å². The first-order valence-corrected chi connectivity index (χ1v) is 6.63. The van der Waals surface area contributed by atoms with Crippen LogP contribution in [0.5, 0.6) is 5.75 Å². The third kappa shape index (κ3) is 3.06. The van der Waals surface area contributed by atoms with Crippen molar-refractivity contribution in [3.8, 4) is 11.8 Å². The van der Waals surface area contributed by atoms with Crippen LogP contribution in [0.25, 0.3) is 0 Å². The zero-order chi connectivity index (χ0) is 13.8. The van der Waals surface area contributed by atoms with E-state index in [1.807, 2.05) is 24.3 Å². The van der Waals surface area contributed by atoms with E-state index in [1.54, 1.807) is 7.11 Å². The molecular formula is C15H21N3O. The minimum Gasteiger partial charge on any atom is -0.497 e. The maximum absolute atomic E-state index is 9.50. The number of piperazine rings is 1. The molecule has 0 saturated carbocycles. The lowest BCUT2D eigenvalue weighted by Gasteiger charge is -2.39. The maximum atomic E-state index is 9.50. The van der Waals surface area contributed by atoms with Crippen molar-refractivity contribution < 1.29 is 4.74 Å². The molecule has 1 aliphatic rings. The number of ether oxygens (including phenoxy) is 1. The topological polar surface area (TPSA) is 39.5 Å². The van der Waals surface area contributed by atoms with Gasteiger partial charge < -0.3 is 9.64 Å². The van der Waals surface area contributed by atoms with E-state index < -0.39 is 0 Å². The van der Waals surface area contributed by atoms with Crippen LogP contribution in [0.4, 0.5) is 0 Å². The largest absolute Gasteiger partial charge is 0.497 e. The average molecular weight is 259 g/mol. The minimum absolute atomic E-state index is 0.189. The molecule has 1 fully saturated rings. The Hall–Kier alpha value is -1.57. The van der Waals surface area contributed by atoms with Crippen molar-refractivity contribution in [1.29, 1.82) is 5.26 Å². The molecule has 0 aromatic heterocycles. The van der Waals surface area contributed by atoms with Crippen LogP contribution in [0.15, 0.2) is 24.3 Å². The summed E-state index contributed by atoms with van der Waals surface area (Å²) in [5.41, 5.74) is 1.01. The van der Waals surface area contributed by atoms with Crippen molar-refractivity contribution in [2.45, 2.75) is 19.0 Å². The lowest BCUT2D eigenvalue weighted by Crippen LogP contribution is -2.50. The van der Waals surface area contributed by atoms with Gasteiger partial charge in [-0.25, -0.2) is 0 Å². The summed E-state index contributed by atoms with van der Waals surface area (Å²) in [6.07, 6.45) is 0. The number of benzene rings is 1. The monoisotopic (exact) mass is 259 g/mol. The molecule has 0 radical (unpaired) electrons. The van der Waals surface area contributed by atoms with Gasteiger partial charge in [0.15, 0.2) is 0 Å². The smallest absolute Gasteiger partial charge is 0.124 e. The van der Waals surface area contributed by atoms with Gasteiger partial charge in [0, 0.05) is 25.7 Å². The average Bonchev–Trinajstić information content (AvgIpc) is 2.44. The Kier molecular flexibility index (Phi) is 4.41. The highest BCUT2D eigenvalue weighted by molar-refractivity contribution is 5.33. The predicted octanol–water partition coefficient (Wildman–Crippen LogP) is 1.90. The molecular weight excluding hydrogens is 238 g/mol. The molecule has 1 saturated heterocycles. The summed E-state index contributed by atoms with van der Waals surface area (Å²) in [5.74, 6) is 0.805. The van der Waals surface area contributed by atoms with E-state index in [1.165, 1.54) is 0 Å². The van der Waals surface area contributed by atoms with Gasteiger partial charge in [-0.15, -0.1) is 0 Å². The molecule has 1 aromatic carbocycles. The zero-order valence-corrected chi connectivity index (χ0v) is 11.8. The zero-order valence-electron chi connectivity index (χ0n) is 11.8. The van der Waals surface area contributed by atoms with E-state index in [0.717, 1.165) is 30.9 Å². The SMILES string of the molecule is COc1cccc(C(C#N)N2CCN(C)C(C)C2)c1. The van der Waals surface area contributed by atoms with Crippen molar-refractivity contribution in [3.63, 3.8) is 0 Å². The Morgan fingerprint density at radius 2 is 2.21 bits per heavy atom. The first kappa shape index (κ1) is 13.9. The van der Waals surface area contributed by atoms with Crippen LogP contribution in [0.3, 0.4) is 0 Å². The molecule has 4 heteroatoms. The fourth-order valence-electron chi connectivity index (χ4n) is 2.49. The number of rotatable bonds is 3. The summed E-state index contributed by atoms with van der Waals surface area (Å²) in [6, 6.07) is 10.5. The Bertz CT molecular complexity index is 469. The molecule has 0 aliphatic carbocycles. The van der Waals surface area contributed by atoms with Gasteiger partial charge in [0.1, 0.15) is 11.8 Å². The fourth-order valence-corrected chi connectivity index (χ4v) is 2.49. The van der Waals surface area contributed by atoms with E-state index in [2.05, 4.69) is 29.8 Å². The molecule has 2 rings (SSSR count). The minimum atomic E-state index is -0.189. The Morgan fingerprint density at radius 3 is 2.84 bits per heavy atom. The highest BCUT2D eigenvalue weighted by Crippen LogP contribution is 2.25. The van der Waals surface area contributed by atoms with Gasteiger partial charge in [-0.05, 0) is 31.7 Å². The van der Waals surface area contributed by atoms with Gasteiger partial charge in [0.2, 0.25) is 0 Å². The van der Waals surface area contributed by atoms with Crippen molar-refractivity contribution >= 4 is 0 Å². The highest BCUT2D eigenvalue weighted by Gasteiger charge is 2.27. The van der Waals surface area contributed by atoms with Crippen LogP contribution in [-0.4, -0.2) is 49.6 Å². The molecule has 0 amide bonds. The number of nitriles is 1. The second-order valence-corrected chi connectivity index (χ2v) is 5.13. The Morgan fingerprint density at radius 1 is 1.42 bits per heavy atom. The normalized spacial score (nSPS) is 22.7. The second kappa shape index (κ2) is 6.05. The summed E-state index contributed by atoms with van der Waals surface area (Å²) in [5, 5.41) is 9.50. The van der Waals surface area contributed by atoms with Crippen LogP contribution < -0.4 is 4.74 Å². The van der Waals surface area contributed by atoms with Gasteiger partial charge in [-0.3, -0.25) is 4.90 Å².